The molecular formula is C20H24N2O5. The number of carbonyl (C=O) groups excluding carboxylic acids is 2. The van der Waals surface area contributed by atoms with Gasteiger partial charge in [-0.05, 0) is 36.2 Å². The van der Waals surface area contributed by atoms with Gasteiger partial charge in [-0.15, -0.1) is 0 Å². The number of nitrogens with zero attached hydrogens (tertiary/aromatic N) is 2. The van der Waals surface area contributed by atoms with Crippen molar-refractivity contribution in [2.24, 2.45) is 0 Å². The van der Waals surface area contributed by atoms with Crippen LogP contribution in [0.4, 0.5) is 0 Å². The largest absolute Gasteiger partial charge is 0.497 e. The van der Waals surface area contributed by atoms with Gasteiger partial charge in [0.1, 0.15) is 17.8 Å². The van der Waals surface area contributed by atoms with Crippen molar-refractivity contribution in [1.82, 2.24) is 9.80 Å². The zero-order chi connectivity index (χ0) is 19.2. The van der Waals surface area contributed by atoms with Crippen LogP contribution in [0, 0.1) is 0 Å². The number of amides is 2. The molecular weight excluding hydrogens is 348 g/mol. The predicted octanol–water partition coefficient (Wildman–Crippen LogP) is 2.21. The van der Waals surface area contributed by atoms with Crippen LogP contribution in [0.1, 0.15) is 22.3 Å². The van der Waals surface area contributed by atoms with Gasteiger partial charge in [0.15, 0.2) is 0 Å². The van der Waals surface area contributed by atoms with Crippen LogP contribution in [0.2, 0.25) is 0 Å². The number of methoxy groups -OCH3 is 2. The van der Waals surface area contributed by atoms with Crippen LogP contribution in [-0.4, -0.2) is 62.0 Å². The highest BCUT2D eigenvalue weighted by Gasteiger charge is 2.25. The van der Waals surface area contributed by atoms with E-state index in [-0.39, 0.29) is 11.8 Å². The molecule has 0 unspecified atom stereocenters. The predicted molar refractivity (Wildman–Crippen MR) is 99.1 cm³/mol. The first-order chi connectivity index (χ1) is 13.1. The van der Waals surface area contributed by atoms with Crippen molar-refractivity contribution in [3.8, 4) is 11.5 Å². The number of hydrogen-bond donors (Lipinski definition) is 0. The van der Waals surface area contributed by atoms with Crippen molar-refractivity contribution < 1.29 is 23.5 Å². The third-order valence-electron chi connectivity index (χ3n) is 4.78. The van der Waals surface area contributed by atoms with Gasteiger partial charge in [-0.25, -0.2) is 0 Å². The molecule has 2 aromatic rings. The van der Waals surface area contributed by atoms with E-state index >= 15 is 0 Å². The Morgan fingerprint density at radius 1 is 1.04 bits per heavy atom. The van der Waals surface area contributed by atoms with Crippen LogP contribution >= 0.6 is 0 Å². The first-order valence-electron chi connectivity index (χ1n) is 8.92. The molecule has 1 saturated heterocycles. The van der Waals surface area contributed by atoms with Crippen molar-refractivity contribution in [3.05, 3.63) is 47.9 Å². The second-order valence-corrected chi connectivity index (χ2v) is 6.36. The minimum absolute atomic E-state index is 0.0584. The summed E-state index contributed by atoms with van der Waals surface area (Å²) in [7, 11) is 3.23. The number of benzene rings is 1. The Balaban J connectivity index is 1.52. The molecule has 1 aromatic heterocycles. The molecule has 2 heterocycles. The van der Waals surface area contributed by atoms with Gasteiger partial charge in [-0.2, -0.15) is 0 Å². The van der Waals surface area contributed by atoms with Crippen molar-refractivity contribution >= 4 is 11.8 Å². The maximum Gasteiger partial charge on any atom is 0.257 e. The van der Waals surface area contributed by atoms with E-state index in [1.807, 2.05) is 23.1 Å². The van der Waals surface area contributed by atoms with Crippen LogP contribution in [0.3, 0.4) is 0 Å². The summed E-state index contributed by atoms with van der Waals surface area (Å²) in [6.07, 6.45) is 3.90. The van der Waals surface area contributed by atoms with Gasteiger partial charge >= 0.3 is 0 Å². The van der Waals surface area contributed by atoms with Gasteiger partial charge in [-0.3, -0.25) is 9.59 Å². The summed E-state index contributed by atoms with van der Waals surface area (Å²) in [6, 6.07) is 7.23. The molecule has 1 fully saturated rings. The molecule has 1 aliphatic heterocycles. The molecule has 0 radical (unpaired) electrons. The number of rotatable bonds is 6. The van der Waals surface area contributed by atoms with Crippen LogP contribution in [0.25, 0.3) is 0 Å². The summed E-state index contributed by atoms with van der Waals surface area (Å²) in [5.41, 5.74) is 1.49. The van der Waals surface area contributed by atoms with Crippen LogP contribution in [0.5, 0.6) is 11.5 Å². The normalized spacial score (nSPS) is 14.1. The van der Waals surface area contributed by atoms with Gasteiger partial charge < -0.3 is 23.7 Å². The van der Waals surface area contributed by atoms with Crippen molar-refractivity contribution in [3.63, 3.8) is 0 Å². The van der Waals surface area contributed by atoms with Gasteiger partial charge in [0.25, 0.3) is 5.91 Å². The topological polar surface area (TPSA) is 72.2 Å². The second kappa shape index (κ2) is 8.62. The Morgan fingerprint density at radius 2 is 1.78 bits per heavy atom. The average Bonchev–Trinajstić information content (AvgIpc) is 3.26. The molecule has 1 aromatic carbocycles. The highest BCUT2D eigenvalue weighted by molar-refractivity contribution is 5.94. The zero-order valence-corrected chi connectivity index (χ0v) is 15.6. The van der Waals surface area contributed by atoms with E-state index in [0.29, 0.717) is 44.6 Å². The fraction of sp³-hybridized carbons (Fsp3) is 0.400. The molecule has 0 N–H and O–H groups in total. The van der Waals surface area contributed by atoms with E-state index in [0.717, 1.165) is 17.1 Å². The summed E-state index contributed by atoms with van der Waals surface area (Å²) >= 11 is 0. The Kier molecular flexibility index (Phi) is 6.01. The lowest BCUT2D eigenvalue weighted by atomic mass is 10.1. The minimum Gasteiger partial charge on any atom is -0.497 e. The molecule has 0 aliphatic carbocycles. The van der Waals surface area contributed by atoms with E-state index < -0.39 is 0 Å². The quantitative estimate of drug-likeness (QED) is 0.777. The zero-order valence-electron chi connectivity index (χ0n) is 15.6. The van der Waals surface area contributed by atoms with Gasteiger partial charge in [0, 0.05) is 32.6 Å². The standard InChI is InChI=1S/C20H24N2O5/c1-25-17-4-5-18(26-2)15(13-17)3-6-19(23)21-8-10-22(11-9-21)20(24)16-7-12-27-14-16/h4-5,7,12-14H,3,6,8-11H2,1-2H3. The molecule has 7 nitrogen and oxygen atoms in total. The van der Waals surface area contributed by atoms with Crippen molar-refractivity contribution in [2.45, 2.75) is 12.8 Å². The third kappa shape index (κ3) is 4.42. The van der Waals surface area contributed by atoms with Gasteiger partial charge in [-0.1, -0.05) is 0 Å². The van der Waals surface area contributed by atoms with Crippen LogP contribution in [-0.2, 0) is 11.2 Å². The summed E-state index contributed by atoms with van der Waals surface area (Å²) < 4.78 is 15.6. The maximum atomic E-state index is 12.6. The molecule has 1 aliphatic rings. The lowest BCUT2D eigenvalue weighted by molar-refractivity contribution is -0.132. The highest BCUT2D eigenvalue weighted by atomic mass is 16.5. The first kappa shape index (κ1) is 18.8. The monoisotopic (exact) mass is 372 g/mol. The molecule has 0 spiro atoms. The van der Waals surface area contributed by atoms with Crippen LogP contribution < -0.4 is 9.47 Å². The molecule has 2 amide bonds. The Morgan fingerprint density at radius 3 is 2.41 bits per heavy atom. The first-order valence-corrected chi connectivity index (χ1v) is 8.92. The molecule has 0 saturated carbocycles. The Bertz CT molecular complexity index is 780. The van der Waals surface area contributed by atoms with E-state index in [1.54, 1.807) is 25.2 Å². The molecule has 7 heteroatoms. The number of furan rings is 1. The highest BCUT2D eigenvalue weighted by Crippen LogP contribution is 2.25. The summed E-state index contributed by atoms with van der Waals surface area (Å²) in [4.78, 5) is 28.4. The summed E-state index contributed by atoms with van der Waals surface area (Å²) in [5, 5.41) is 0. The van der Waals surface area contributed by atoms with E-state index in [1.165, 1.54) is 12.5 Å². The molecule has 0 atom stereocenters. The number of hydrogen-bond acceptors (Lipinski definition) is 5. The fourth-order valence-corrected chi connectivity index (χ4v) is 3.20. The maximum absolute atomic E-state index is 12.6. The van der Waals surface area contributed by atoms with Gasteiger partial charge in [0.2, 0.25) is 5.91 Å². The molecule has 3 rings (SSSR count). The average molecular weight is 372 g/mol. The minimum atomic E-state index is -0.0584. The SMILES string of the molecule is COc1ccc(OC)c(CCC(=O)N2CCN(C(=O)c3ccoc3)CC2)c1. The van der Waals surface area contributed by atoms with Crippen molar-refractivity contribution in [1.29, 1.82) is 0 Å². The number of aryl methyl sites for hydroxylation is 1. The number of ether oxygens (including phenoxy) is 2. The second-order valence-electron chi connectivity index (χ2n) is 6.36. The van der Waals surface area contributed by atoms with E-state index in [2.05, 4.69) is 0 Å². The van der Waals surface area contributed by atoms with Crippen LogP contribution in [0.15, 0.2) is 41.2 Å². The number of piperazine rings is 1. The smallest absolute Gasteiger partial charge is 0.257 e. The summed E-state index contributed by atoms with van der Waals surface area (Å²) in [6.45, 7) is 2.13. The lowest BCUT2D eigenvalue weighted by Gasteiger charge is -2.34. The summed E-state index contributed by atoms with van der Waals surface area (Å²) in [5.74, 6) is 1.51. The Hall–Kier alpha value is -2.96. The Labute approximate surface area is 158 Å². The van der Waals surface area contributed by atoms with Crippen molar-refractivity contribution in [2.75, 3.05) is 40.4 Å². The van der Waals surface area contributed by atoms with E-state index in [4.69, 9.17) is 13.9 Å². The molecule has 0 bridgehead atoms. The van der Waals surface area contributed by atoms with E-state index in [9.17, 15) is 9.59 Å². The third-order valence-corrected chi connectivity index (χ3v) is 4.78. The fourth-order valence-electron chi connectivity index (χ4n) is 3.20. The number of carbonyl (C=O) groups is 2. The van der Waals surface area contributed by atoms with Gasteiger partial charge in [0.05, 0.1) is 26.0 Å². The lowest BCUT2D eigenvalue weighted by Crippen LogP contribution is -2.50. The molecule has 27 heavy (non-hydrogen) atoms. The molecule has 144 valence electrons.